The highest BCUT2D eigenvalue weighted by Gasteiger charge is 2.15. The van der Waals surface area contributed by atoms with Crippen molar-refractivity contribution in [2.75, 3.05) is 0 Å². The Labute approximate surface area is 187 Å². The first-order valence-electron chi connectivity index (χ1n) is 11.1. The molecule has 32 heavy (non-hydrogen) atoms. The van der Waals surface area contributed by atoms with E-state index >= 15 is 0 Å². The number of aromatic amines is 1. The topological polar surface area (TPSA) is 74.8 Å². The minimum Gasteiger partial charge on any atom is -0.349 e. The highest BCUT2D eigenvalue weighted by Crippen LogP contribution is 2.20. The highest BCUT2D eigenvalue weighted by molar-refractivity contribution is 5.77. The first kappa shape index (κ1) is 21.5. The first-order valence-corrected chi connectivity index (χ1v) is 11.1. The molecule has 0 aliphatic heterocycles. The number of carbonyl (C=O) groups is 1. The number of fused-ring (bicyclic) bond motifs is 1. The average molecular weight is 426 g/mol. The fourth-order valence-electron chi connectivity index (χ4n) is 3.90. The molecule has 5 nitrogen and oxygen atoms in total. The van der Waals surface area contributed by atoms with Gasteiger partial charge in [-0.2, -0.15) is 0 Å². The molecule has 1 amide bonds. The van der Waals surface area contributed by atoms with Crippen LogP contribution in [0.25, 0.3) is 10.9 Å². The third-order valence-corrected chi connectivity index (χ3v) is 5.58. The van der Waals surface area contributed by atoms with Crippen molar-refractivity contribution in [1.29, 1.82) is 0 Å². The van der Waals surface area contributed by atoms with E-state index in [1.807, 2.05) is 54.6 Å². The van der Waals surface area contributed by atoms with E-state index in [9.17, 15) is 9.59 Å². The van der Waals surface area contributed by atoms with E-state index in [1.54, 1.807) is 6.07 Å². The van der Waals surface area contributed by atoms with E-state index in [2.05, 4.69) is 39.6 Å². The summed E-state index contributed by atoms with van der Waals surface area (Å²) in [4.78, 5) is 32.3. The van der Waals surface area contributed by atoms with Crippen LogP contribution in [0.2, 0.25) is 0 Å². The van der Waals surface area contributed by atoms with Crippen LogP contribution in [-0.4, -0.2) is 15.9 Å². The van der Waals surface area contributed by atoms with Crippen molar-refractivity contribution < 1.29 is 4.79 Å². The maximum Gasteiger partial charge on any atom is 0.258 e. The van der Waals surface area contributed by atoms with Gasteiger partial charge in [-0.3, -0.25) is 9.59 Å². The van der Waals surface area contributed by atoms with Crippen molar-refractivity contribution in [2.24, 2.45) is 0 Å². The third kappa shape index (κ3) is 5.70. The van der Waals surface area contributed by atoms with Gasteiger partial charge in [0.2, 0.25) is 5.91 Å². The number of hydrogen-bond donors (Lipinski definition) is 2. The fourth-order valence-corrected chi connectivity index (χ4v) is 3.90. The van der Waals surface area contributed by atoms with E-state index in [-0.39, 0.29) is 17.5 Å². The number of para-hydroxylation sites is 1. The number of H-pyrrole nitrogens is 1. The van der Waals surface area contributed by atoms with E-state index in [4.69, 9.17) is 0 Å². The normalized spacial score (nSPS) is 11.9. The Morgan fingerprint density at radius 2 is 1.56 bits per heavy atom. The van der Waals surface area contributed by atoms with E-state index in [0.717, 1.165) is 18.4 Å². The number of hydrogen-bond acceptors (Lipinski definition) is 3. The second kappa shape index (κ2) is 10.5. The van der Waals surface area contributed by atoms with Crippen LogP contribution < -0.4 is 10.9 Å². The quantitative estimate of drug-likeness (QED) is 0.407. The smallest absolute Gasteiger partial charge is 0.258 e. The molecule has 1 aromatic heterocycles. The van der Waals surface area contributed by atoms with Crippen LogP contribution in [0.4, 0.5) is 0 Å². The second-order valence-corrected chi connectivity index (χ2v) is 7.94. The minimum atomic E-state index is -0.139. The predicted molar refractivity (Wildman–Crippen MR) is 127 cm³/mol. The van der Waals surface area contributed by atoms with E-state index in [0.29, 0.717) is 36.0 Å². The van der Waals surface area contributed by atoms with Gasteiger partial charge in [-0.25, -0.2) is 4.98 Å². The Kier molecular flexibility index (Phi) is 7.08. The van der Waals surface area contributed by atoms with Gasteiger partial charge in [-0.05, 0) is 42.5 Å². The lowest BCUT2D eigenvalue weighted by Gasteiger charge is -2.19. The summed E-state index contributed by atoms with van der Waals surface area (Å²) >= 11 is 0. The lowest BCUT2D eigenvalue weighted by molar-refractivity contribution is -0.122. The summed E-state index contributed by atoms with van der Waals surface area (Å²) in [6.45, 7) is 0. The van der Waals surface area contributed by atoms with Crippen LogP contribution in [0.1, 0.15) is 42.3 Å². The molecule has 0 saturated carbocycles. The molecule has 4 rings (SSSR count). The molecule has 0 fully saturated rings. The second-order valence-electron chi connectivity index (χ2n) is 7.94. The lowest BCUT2D eigenvalue weighted by Crippen LogP contribution is -2.29. The Morgan fingerprint density at radius 3 is 2.34 bits per heavy atom. The largest absolute Gasteiger partial charge is 0.349 e. The molecule has 3 aromatic carbocycles. The molecule has 0 spiro atoms. The van der Waals surface area contributed by atoms with Gasteiger partial charge in [0.15, 0.2) is 0 Å². The van der Waals surface area contributed by atoms with E-state index < -0.39 is 0 Å². The van der Waals surface area contributed by atoms with Crippen LogP contribution >= 0.6 is 0 Å². The molecule has 0 aliphatic carbocycles. The van der Waals surface area contributed by atoms with Crippen molar-refractivity contribution in [3.8, 4) is 0 Å². The molecule has 1 heterocycles. The number of aryl methyl sites for hydroxylation is 2. The zero-order valence-corrected chi connectivity index (χ0v) is 18.0. The Morgan fingerprint density at radius 1 is 0.875 bits per heavy atom. The molecule has 0 aliphatic rings. The number of nitrogens with one attached hydrogen (secondary N) is 2. The molecule has 2 N–H and O–H groups in total. The first-order chi connectivity index (χ1) is 15.7. The standard InChI is InChI=1S/C27H27N3O2/c31-26(17-9-16-25-28-24-15-8-7-14-22(24)27(32)30-25)29-23(21-12-5-2-6-13-21)19-18-20-10-3-1-4-11-20/h1-8,10-15,23H,9,16-19H2,(H,29,31)(H,28,30,32). The minimum absolute atomic E-state index is 0.00931. The number of amides is 1. The maximum atomic E-state index is 12.7. The Balaban J connectivity index is 1.35. The summed E-state index contributed by atoms with van der Waals surface area (Å²) < 4.78 is 0. The van der Waals surface area contributed by atoms with Crippen LogP contribution in [0.15, 0.2) is 89.7 Å². The summed E-state index contributed by atoms with van der Waals surface area (Å²) in [5.74, 6) is 0.625. The van der Waals surface area contributed by atoms with Crippen LogP contribution in [0.3, 0.4) is 0 Å². The summed E-state index contributed by atoms with van der Waals surface area (Å²) in [5, 5.41) is 3.78. The lowest BCUT2D eigenvalue weighted by atomic mass is 9.98. The highest BCUT2D eigenvalue weighted by atomic mass is 16.1. The number of carbonyl (C=O) groups excluding carboxylic acids is 1. The molecular formula is C27H27N3O2. The van der Waals surface area contributed by atoms with Gasteiger partial charge >= 0.3 is 0 Å². The Bertz CT molecular complexity index is 1220. The van der Waals surface area contributed by atoms with Crippen molar-refractivity contribution in [1.82, 2.24) is 15.3 Å². The van der Waals surface area contributed by atoms with Gasteiger partial charge in [-0.15, -0.1) is 0 Å². The molecule has 162 valence electrons. The van der Waals surface area contributed by atoms with Crippen LogP contribution in [0, 0.1) is 0 Å². The van der Waals surface area contributed by atoms with Crippen molar-refractivity contribution >= 4 is 16.8 Å². The molecule has 0 bridgehead atoms. The number of nitrogens with zero attached hydrogens (tertiary/aromatic N) is 1. The molecule has 1 unspecified atom stereocenters. The average Bonchev–Trinajstić information content (AvgIpc) is 2.83. The van der Waals surface area contributed by atoms with Crippen molar-refractivity contribution in [3.63, 3.8) is 0 Å². The summed E-state index contributed by atoms with van der Waals surface area (Å²) in [6, 6.07) is 27.6. The maximum absolute atomic E-state index is 12.7. The number of benzene rings is 3. The number of aromatic nitrogens is 2. The van der Waals surface area contributed by atoms with Gasteiger partial charge in [0.25, 0.3) is 5.56 Å². The molecule has 0 radical (unpaired) electrons. The fraction of sp³-hybridized carbons (Fsp3) is 0.222. The van der Waals surface area contributed by atoms with Crippen LogP contribution in [-0.2, 0) is 17.6 Å². The third-order valence-electron chi connectivity index (χ3n) is 5.58. The van der Waals surface area contributed by atoms with Gasteiger partial charge in [0, 0.05) is 12.8 Å². The van der Waals surface area contributed by atoms with Crippen LogP contribution in [0.5, 0.6) is 0 Å². The van der Waals surface area contributed by atoms with Gasteiger partial charge in [0.05, 0.1) is 16.9 Å². The van der Waals surface area contributed by atoms with Crippen molar-refractivity contribution in [3.05, 3.63) is 112 Å². The monoisotopic (exact) mass is 425 g/mol. The zero-order valence-electron chi connectivity index (χ0n) is 18.0. The summed E-state index contributed by atoms with van der Waals surface area (Å²) in [7, 11) is 0. The van der Waals surface area contributed by atoms with Gasteiger partial charge < -0.3 is 10.3 Å². The molecule has 0 saturated heterocycles. The van der Waals surface area contributed by atoms with Crippen molar-refractivity contribution in [2.45, 2.75) is 38.1 Å². The number of rotatable bonds is 9. The summed E-state index contributed by atoms with van der Waals surface area (Å²) in [5.41, 5.74) is 2.91. The molecule has 5 heteroatoms. The zero-order chi connectivity index (χ0) is 22.2. The summed E-state index contributed by atoms with van der Waals surface area (Å²) in [6.07, 6.45) is 3.27. The molecule has 4 aromatic rings. The van der Waals surface area contributed by atoms with E-state index in [1.165, 1.54) is 5.56 Å². The Hall–Kier alpha value is -3.73. The SMILES string of the molecule is O=C(CCCc1nc2ccccc2c(=O)[nH]1)NC(CCc1ccccc1)c1ccccc1. The van der Waals surface area contributed by atoms with Gasteiger partial charge in [-0.1, -0.05) is 72.8 Å². The molecule has 1 atom stereocenters. The molecular weight excluding hydrogens is 398 g/mol. The van der Waals surface area contributed by atoms with Gasteiger partial charge in [0.1, 0.15) is 5.82 Å². The predicted octanol–water partition coefficient (Wildman–Crippen LogP) is 4.74.